The quantitative estimate of drug-likeness (QED) is 0.560. The molecular formula is C21H22BNO4. The van der Waals surface area contributed by atoms with Crippen LogP contribution in [0.5, 0.6) is 11.5 Å². The molecule has 0 aromatic heterocycles. The number of esters is 1. The molecule has 27 heavy (non-hydrogen) atoms. The van der Waals surface area contributed by atoms with E-state index in [-0.39, 0.29) is 18.3 Å². The lowest BCUT2D eigenvalue weighted by Gasteiger charge is -2.19. The number of hydrogen-bond acceptors (Lipinski definition) is 4. The van der Waals surface area contributed by atoms with Gasteiger partial charge >= 0.3 is 5.97 Å². The minimum absolute atomic E-state index is 0.153. The minimum Gasteiger partial charge on any atom is -0.466 e. The molecule has 1 fully saturated rings. The Morgan fingerprint density at radius 2 is 2.07 bits per heavy atom. The van der Waals surface area contributed by atoms with Crippen LogP contribution in [0.15, 0.2) is 42.5 Å². The van der Waals surface area contributed by atoms with Crippen LogP contribution >= 0.6 is 0 Å². The van der Waals surface area contributed by atoms with Gasteiger partial charge in [-0.3, -0.25) is 9.59 Å². The first-order chi connectivity index (χ1) is 13.0. The highest BCUT2D eigenvalue weighted by molar-refractivity contribution is 6.32. The molecule has 2 radical (unpaired) electrons. The second-order valence-corrected chi connectivity index (χ2v) is 6.52. The summed E-state index contributed by atoms with van der Waals surface area (Å²) in [4.78, 5) is 25.4. The maximum Gasteiger partial charge on any atom is 0.310 e. The minimum atomic E-state index is -0.268. The lowest BCUT2D eigenvalue weighted by molar-refractivity contribution is -0.142. The van der Waals surface area contributed by atoms with E-state index in [1.165, 1.54) is 0 Å². The predicted octanol–water partition coefficient (Wildman–Crippen LogP) is 2.50. The van der Waals surface area contributed by atoms with Crippen LogP contribution in [0.2, 0.25) is 0 Å². The Labute approximate surface area is 160 Å². The average Bonchev–Trinajstić information content (AvgIpc) is 3.03. The normalized spacial score (nSPS) is 13.7. The fraction of sp³-hybridized carbons (Fsp3) is 0.333. The van der Waals surface area contributed by atoms with Crippen LogP contribution in [0.3, 0.4) is 0 Å². The summed E-state index contributed by atoms with van der Waals surface area (Å²) >= 11 is 0. The monoisotopic (exact) mass is 363 g/mol. The topological polar surface area (TPSA) is 55.8 Å². The van der Waals surface area contributed by atoms with E-state index in [0.717, 1.165) is 24.1 Å². The van der Waals surface area contributed by atoms with Gasteiger partial charge in [0.2, 0.25) is 5.91 Å². The number of likely N-dealkylation sites (tertiary alicyclic amines) is 1. The standard InChI is InChI=1S/C21H22BNO4/c1-2-26-21(25)12-15-5-3-6-18(11-15)27-19-9-8-17(22)13-16(19)14-23-10-4-7-20(23)24/h3,5-6,8-9,11,13H,2,4,7,10,12,14H2,1H3. The van der Waals surface area contributed by atoms with E-state index in [9.17, 15) is 9.59 Å². The van der Waals surface area contributed by atoms with Crippen molar-refractivity contribution in [3.8, 4) is 11.5 Å². The van der Waals surface area contributed by atoms with Crippen molar-refractivity contribution in [2.24, 2.45) is 0 Å². The molecular weight excluding hydrogens is 341 g/mol. The summed E-state index contributed by atoms with van der Waals surface area (Å²) < 4.78 is 11.0. The number of rotatable bonds is 7. The summed E-state index contributed by atoms with van der Waals surface area (Å²) in [6, 6.07) is 12.8. The molecule has 2 aromatic rings. The summed E-state index contributed by atoms with van der Waals surface area (Å²) in [5.74, 6) is 1.16. The molecule has 1 heterocycles. The molecule has 1 amide bonds. The number of carbonyl (C=O) groups is 2. The van der Waals surface area contributed by atoms with E-state index in [1.807, 2.05) is 41.3 Å². The largest absolute Gasteiger partial charge is 0.466 e. The van der Waals surface area contributed by atoms with Crippen molar-refractivity contribution in [2.45, 2.75) is 32.7 Å². The van der Waals surface area contributed by atoms with Crippen molar-refractivity contribution in [1.29, 1.82) is 0 Å². The Morgan fingerprint density at radius 3 is 2.81 bits per heavy atom. The summed E-state index contributed by atoms with van der Waals surface area (Å²) in [7, 11) is 5.93. The molecule has 1 aliphatic heterocycles. The molecule has 0 bridgehead atoms. The van der Waals surface area contributed by atoms with E-state index >= 15 is 0 Å². The SMILES string of the molecule is [B]c1ccc(Oc2cccc(CC(=O)OCC)c2)c(CN2CCCC2=O)c1. The van der Waals surface area contributed by atoms with Crippen LogP contribution < -0.4 is 10.2 Å². The molecule has 138 valence electrons. The van der Waals surface area contributed by atoms with E-state index in [4.69, 9.17) is 17.3 Å². The number of ether oxygens (including phenoxy) is 2. The highest BCUT2D eigenvalue weighted by Crippen LogP contribution is 2.27. The smallest absolute Gasteiger partial charge is 0.310 e. The third-order valence-corrected chi connectivity index (χ3v) is 4.40. The summed E-state index contributed by atoms with van der Waals surface area (Å²) in [5, 5.41) is 0. The molecule has 3 rings (SSSR count). The zero-order valence-corrected chi connectivity index (χ0v) is 15.4. The van der Waals surface area contributed by atoms with Crippen LogP contribution in [0, 0.1) is 0 Å². The van der Waals surface area contributed by atoms with Crippen LogP contribution in [0.25, 0.3) is 0 Å². The van der Waals surface area contributed by atoms with Crippen molar-refractivity contribution < 1.29 is 19.1 Å². The Hall–Kier alpha value is -2.76. The van der Waals surface area contributed by atoms with Crippen molar-refractivity contribution in [1.82, 2.24) is 4.90 Å². The lowest BCUT2D eigenvalue weighted by Crippen LogP contribution is -2.24. The Bertz CT molecular complexity index is 837. The molecule has 6 heteroatoms. The fourth-order valence-electron chi connectivity index (χ4n) is 3.12. The number of hydrogen-bond donors (Lipinski definition) is 0. The van der Waals surface area contributed by atoms with Crippen molar-refractivity contribution in [3.05, 3.63) is 53.6 Å². The first kappa shape index (κ1) is 19.0. The molecule has 0 N–H and O–H groups in total. The highest BCUT2D eigenvalue weighted by Gasteiger charge is 2.21. The van der Waals surface area contributed by atoms with Gasteiger partial charge in [0.15, 0.2) is 0 Å². The van der Waals surface area contributed by atoms with Crippen LogP contribution in [-0.2, 0) is 27.3 Å². The molecule has 0 saturated carbocycles. The number of carbonyl (C=O) groups excluding carboxylic acids is 2. The zero-order valence-electron chi connectivity index (χ0n) is 15.4. The predicted molar refractivity (Wildman–Crippen MR) is 103 cm³/mol. The first-order valence-corrected chi connectivity index (χ1v) is 9.13. The lowest BCUT2D eigenvalue weighted by atomic mass is 9.94. The summed E-state index contributed by atoms with van der Waals surface area (Å²) in [5.41, 5.74) is 2.30. The van der Waals surface area contributed by atoms with Gasteiger partial charge in [-0.25, -0.2) is 0 Å². The molecule has 0 unspecified atom stereocenters. The van der Waals surface area contributed by atoms with Crippen LogP contribution in [0.1, 0.15) is 30.9 Å². The van der Waals surface area contributed by atoms with Crippen LogP contribution in [-0.4, -0.2) is 37.8 Å². The van der Waals surface area contributed by atoms with E-state index in [2.05, 4.69) is 0 Å². The first-order valence-electron chi connectivity index (χ1n) is 9.13. The molecule has 0 aliphatic carbocycles. The molecule has 5 nitrogen and oxygen atoms in total. The number of amides is 1. The van der Waals surface area contributed by atoms with Crippen molar-refractivity contribution >= 4 is 25.2 Å². The second-order valence-electron chi connectivity index (χ2n) is 6.52. The summed E-state index contributed by atoms with van der Waals surface area (Å²) in [6.45, 7) is 3.37. The van der Waals surface area contributed by atoms with Gasteiger partial charge in [-0.2, -0.15) is 0 Å². The Balaban J connectivity index is 1.77. The molecule has 0 spiro atoms. The Morgan fingerprint density at radius 1 is 1.22 bits per heavy atom. The van der Waals surface area contributed by atoms with Crippen LogP contribution in [0.4, 0.5) is 0 Å². The fourth-order valence-corrected chi connectivity index (χ4v) is 3.12. The molecule has 0 atom stereocenters. The van der Waals surface area contributed by atoms with Crippen molar-refractivity contribution in [2.75, 3.05) is 13.2 Å². The van der Waals surface area contributed by atoms with Gasteiger partial charge in [0.05, 0.1) is 13.0 Å². The maximum absolute atomic E-state index is 11.9. The third-order valence-electron chi connectivity index (χ3n) is 4.40. The summed E-state index contributed by atoms with van der Waals surface area (Å²) in [6.07, 6.45) is 1.67. The van der Waals surface area contributed by atoms with Crippen molar-refractivity contribution in [3.63, 3.8) is 0 Å². The third kappa shape index (κ3) is 5.13. The number of benzene rings is 2. The highest BCUT2D eigenvalue weighted by atomic mass is 16.5. The second kappa shape index (κ2) is 8.76. The molecule has 1 aliphatic rings. The van der Waals surface area contributed by atoms with Gasteiger partial charge in [0, 0.05) is 25.1 Å². The van der Waals surface area contributed by atoms with E-state index in [0.29, 0.717) is 36.5 Å². The van der Waals surface area contributed by atoms with Gasteiger partial charge < -0.3 is 14.4 Å². The van der Waals surface area contributed by atoms with E-state index < -0.39 is 0 Å². The van der Waals surface area contributed by atoms with Gasteiger partial charge in [0.25, 0.3) is 0 Å². The van der Waals surface area contributed by atoms with E-state index in [1.54, 1.807) is 13.0 Å². The molecule has 2 aromatic carbocycles. The Kier molecular flexibility index (Phi) is 6.17. The van der Waals surface area contributed by atoms with Gasteiger partial charge in [-0.15, -0.1) is 0 Å². The number of nitrogens with zero attached hydrogens (tertiary/aromatic N) is 1. The maximum atomic E-state index is 11.9. The zero-order chi connectivity index (χ0) is 19.2. The van der Waals surface area contributed by atoms with Gasteiger partial charge in [-0.05, 0) is 37.1 Å². The van der Waals surface area contributed by atoms with Gasteiger partial charge in [0.1, 0.15) is 19.3 Å². The van der Waals surface area contributed by atoms with Gasteiger partial charge in [-0.1, -0.05) is 29.7 Å². The average molecular weight is 363 g/mol. The molecule has 1 saturated heterocycles.